The summed E-state index contributed by atoms with van der Waals surface area (Å²) in [6.07, 6.45) is 0. The van der Waals surface area contributed by atoms with Crippen LogP contribution in [0.25, 0.3) is 177 Å². The van der Waals surface area contributed by atoms with Crippen LogP contribution in [-0.4, -0.2) is 59.8 Å². The number of nitrogens with one attached hydrogen (secondary N) is 6. The molecule has 0 radical (unpaired) electrons. The molecule has 0 atom stereocenters. The van der Waals surface area contributed by atoms with Crippen LogP contribution >= 0.6 is 0 Å². The lowest BCUT2D eigenvalue weighted by molar-refractivity contribution is 0.483. The van der Waals surface area contributed by atoms with E-state index in [2.05, 4.69) is 127 Å². The molecule has 0 unspecified atom stereocenters. The lowest BCUT2D eigenvalue weighted by Crippen LogP contribution is -1.88. The molecule has 2 aliphatic heterocycles. The molecule has 16 heteroatoms. The number of aromatic nitrogens is 12. The number of hydrogen-bond acceptors (Lipinski definition) is 10. The molecule has 0 aliphatic carbocycles. The minimum Gasteiger partial charge on any atom is -0.457 e. The predicted molar refractivity (Wildman–Crippen MR) is 380 cm³/mol. The summed E-state index contributed by atoms with van der Waals surface area (Å²) in [5.41, 5.74) is 13.0. The molecule has 16 nitrogen and oxygen atoms in total. The van der Waals surface area contributed by atoms with Crippen LogP contribution in [-0.2, 0) is 0 Å². The van der Waals surface area contributed by atoms with Crippen LogP contribution in [0.3, 0.4) is 0 Å². The summed E-state index contributed by atoms with van der Waals surface area (Å²) >= 11 is 0. The summed E-state index contributed by atoms with van der Waals surface area (Å²) < 4.78 is 26.9. The fraction of sp³-hybridized carbons (Fsp3) is 0. The van der Waals surface area contributed by atoms with Gasteiger partial charge in [0.05, 0.1) is 22.1 Å². The van der Waals surface area contributed by atoms with E-state index in [4.69, 9.17) is 48.9 Å². The topological polar surface area (TPSA) is 209 Å². The van der Waals surface area contributed by atoms with Crippen molar-refractivity contribution in [1.29, 1.82) is 0 Å². The molecule has 0 fully saturated rings. The minimum absolute atomic E-state index is 0.404. The van der Waals surface area contributed by atoms with Gasteiger partial charge in [-0.1, -0.05) is 72.8 Å². The first-order valence-corrected chi connectivity index (χ1v) is 31.5. The maximum Gasteiger partial charge on any atom is 0.164 e. The average Bonchev–Trinajstić information content (AvgIpc) is 1.61. The van der Waals surface area contributed by atoms with Crippen molar-refractivity contribution in [3.63, 3.8) is 0 Å². The summed E-state index contributed by atoms with van der Waals surface area (Å²) in [7, 11) is 0. The van der Waals surface area contributed by atoms with Crippen LogP contribution in [0, 0.1) is 0 Å². The molecule has 0 amide bonds. The first kappa shape index (κ1) is 52.1. The van der Waals surface area contributed by atoms with Gasteiger partial charge in [-0.3, -0.25) is 0 Å². The standard InChI is InChI=1S/C80H46N12O4/c1-5-13-65-49(9-1)53-25-17-45(37-69(53)81-65)93-41-21-29-57-61(33-41)77-85-73(57)90-78-63-35-43(95-47-19-27-55-51-11-3-7-15-67(51)83-71(55)39-47)23-31-59(63)75(87-78)92-80-64-36-44(96-48-20-28-56-52-12-4-8-16-68(52)84-72(56)40-48)24-32-60(64)76(88-80)91-79-62-34-42(22-30-58(62)74(86-79)89-77)94-46-18-26-54-50-10-2-6-14-66(50)82-70(54)38-46/h1-40,81-84H,(H2,85,86,87,88,89,90,91,92). The van der Waals surface area contributed by atoms with Gasteiger partial charge in [-0.25, -0.2) is 29.9 Å². The number of fused-ring (bicyclic) bond motifs is 32. The molecule has 2 aliphatic rings. The van der Waals surface area contributed by atoms with Gasteiger partial charge in [0.2, 0.25) is 0 Å². The first-order valence-electron chi connectivity index (χ1n) is 31.5. The summed E-state index contributed by atoms with van der Waals surface area (Å²) in [6.45, 7) is 0. The number of H-pyrrole nitrogens is 6. The molecule has 6 N–H and O–H groups in total. The highest BCUT2D eigenvalue weighted by Gasteiger charge is 2.25. The number of para-hydroxylation sites is 4. The second kappa shape index (κ2) is 20.0. The van der Waals surface area contributed by atoms with Gasteiger partial charge in [0.15, 0.2) is 23.3 Å². The Balaban J connectivity index is 0.758. The van der Waals surface area contributed by atoms with E-state index in [1.807, 2.05) is 146 Å². The molecule has 0 saturated heterocycles. The second-order valence-corrected chi connectivity index (χ2v) is 24.4. The lowest BCUT2D eigenvalue weighted by atomic mass is 10.1. The number of hydrogen-bond donors (Lipinski definition) is 6. The third-order valence-corrected chi connectivity index (χ3v) is 18.6. The largest absolute Gasteiger partial charge is 0.457 e. The Morgan fingerprint density at radius 1 is 0.177 bits per heavy atom. The quantitative estimate of drug-likeness (QED) is 0.0848. The van der Waals surface area contributed by atoms with Crippen LogP contribution in [0.5, 0.6) is 46.0 Å². The Kier molecular flexibility index (Phi) is 10.8. The van der Waals surface area contributed by atoms with Crippen LogP contribution in [0.15, 0.2) is 243 Å². The highest BCUT2D eigenvalue weighted by molar-refractivity contribution is 6.12. The van der Waals surface area contributed by atoms with Crippen LogP contribution < -0.4 is 18.9 Å². The fourth-order valence-electron chi connectivity index (χ4n) is 14.1. The summed E-state index contributed by atoms with van der Waals surface area (Å²) in [6, 6.07) is 81.2. The number of ether oxygens (including phenoxy) is 4. The number of aromatic amines is 6. The van der Waals surface area contributed by atoms with Crippen molar-refractivity contribution < 1.29 is 18.9 Å². The average molecular weight is 1240 g/mol. The summed E-state index contributed by atoms with van der Waals surface area (Å²) in [5, 5.41) is 12.1. The molecule has 0 spiro atoms. The molecular weight excluding hydrogens is 1190 g/mol. The van der Waals surface area contributed by atoms with Gasteiger partial charge in [0.1, 0.15) is 68.6 Å². The zero-order chi connectivity index (χ0) is 62.7. The van der Waals surface area contributed by atoms with Crippen molar-refractivity contribution >= 4 is 131 Å². The van der Waals surface area contributed by atoms with Crippen molar-refractivity contribution in [1.82, 2.24) is 59.8 Å². The molecular formula is C80H46N12O4. The van der Waals surface area contributed by atoms with E-state index in [1.165, 1.54) is 0 Å². The molecule has 96 heavy (non-hydrogen) atoms. The third kappa shape index (κ3) is 8.35. The van der Waals surface area contributed by atoms with Crippen LogP contribution in [0.2, 0.25) is 0 Å². The Labute approximate surface area is 541 Å². The molecule has 450 valence electrons. The van der Waals surface area contributed by atoms with Crippen molar-refractivity contribution in [3.8, 4) is 91.5 Å². The zero-order valence-corrected chi connectivity index (χ0v) is 50.4. The zero-order valence-electron chi connectivity index (χ0n) is 50.4. The van der Waals surface area contributed by atoms with Gasteiger partial charge in [0.25, 0.3) is 0 Å². The van der Waals surface area contributed by atoms with Crippen molar-refractivity contribution in [2.24, 2.45) is 0 Å². The summed E-state index contributed by atoms with van der Waals surface area (Å²) in [5.74, 6) is 6.68. The highest BCUT2D eigenvalue weighted by Crippen LogP contribution is 2.44. The van der Waals surface area contributed by atoms with Crippen LogP contribution in [0.1, 0.15) is 0 Å². The minimum atomic E-state index is 0.404. The van der Waals surface area contributed by atoms with Crippen molar-refractivity contribution in [2.75, 3.05) is 0 Å². The number of rotatable bonds is 8. The Bertz CT molecular complexity index is 6360. The van der Waals surface area contributed by atoms with Gasteiger partial charge in [-0.2, -0.15) is 0 Å². The monoisotopic (exact) mass is 1240 g/mol. The normalized spacial score (nSPS) is 12.2. The van der Waals surface area contributed by atoms with E-state index in [9.17, 15) is 0 Å². The summed E-state index contributed by atoms with van der Waals surface area (Å²) in [4.78, 5) is 53.8. The molecule has 21 rings (SSSR count). The smallest absolute Gasteiger partial charge is 0.164 e. The predicted octanol–water partition coefficient (Wildman–Crippen LogP) is 20.6. The maximum atomic E-state index is 6.72. The number of nitrogens with zero attached hydrogens (tertiary/aromatic N) is 6. The van der Waals surface area contributed by atoms with E-state index in [0.29, 0.717) is 103 Å². The third-order valence-electron chi connectivity index (χ3n) is 18.6. The first-order chi connectivity index (χ1) is 47.4. The van der Waals surface area contributed by atoms with Gasteiger partial charge in [0, 0.05) is 133 Å². The molecule has 9 heterocycles. The maximum absolute atomic E-state index is 6.72. The molecule has 0 saturated carbocycles. The van der Waals surface area contributed by atoms with E-state index < -0.39 is 0 Å². The molecule has 8 bridgehead atoms. The van der Waals surface area contributed by atoms with E-state index in [0.717, 1.165) is 120 Å². The molecule has 12 aromatic carbocycles. The highest BCUT2D eigenvalue weighted by atomic mass is 16.5. The molecule has 7 aromatic heterocycles. The number of benzene rings is 12. The van der Waals surface area contributed by atoms with E-state index in [-0.39, 0.29) is 0 Å². The Hall–Kier alpha value is -13.6. The van der Waals surface area contributed by atoms with Gasteiger partial charge in [-0.05, 0) is 146 Å². The van der Waals surface area contributed by atoms with Gasteiger partial charge >= 0.3 is 0 Å². The SMILES string of the molecule is c1ccc2c(c1)[nH]c1cc(Oc3ccc4c(c3)-c3nc-4nc4[nH]c(nc5nc(nc6[nH]c(n3)c3ccc(Oc7ccc8c(c7)[nH]c7ccccc78)cc63)-c3ccc(Oc6ccc7c(c6)[nH]c6ccccc67)cc3-5)c3ccc(Oc5ccc6c(c5)[nH]c5ccccc56)cc43)ccc12. The second-order valence-electron chi connectivity index (χ2n) is 24.4. The molecule has 19 aromatic rings. The fourth-order valence-corrected chi connectivity index (χ4v) is 14.1. The Morgan fingerprint density at radius 3 is 0.760 bits per heavy atom. The van der Waals surface area contributed by atoms with Crippen LogP contribution in [0.4, 0.5) is 0 Å². The van der Waals surface area contributed by atoms with Crippen molar-refractivity contribution in [3.05, 3.63) is 243 Å². The van der Waals surface area contributed by atoms with Crippen molar-refractivity contribution in [2.45, 2.75) is 0 Å². The lowest BCUT2D eigenvalue weighted by Gasteiger charge is -2.08. The van der Waals surface area contributed by atoms with E-state index in [1.54, 1.807) is 0 Å². The van der Waals surface area contributed by atoms with Gasteiger partial charge < -0.3 is 48.9 Å². The Morgan fingerprint density at radius 2 is 0.427 bits per heavy atom. The van der Waals surface area contributed by atoms with Gasteiger partial charge in [-0.15, -0.1) is 0 Å². The van der Waals surface area contributed by atoms with E-state index >= 15 is 0 Å².